The third-order valence-corrected chi connectivity index (χ3v) is 2.60. The molecule has 1 aromatic heterocycles. The van der Waals surface area contributed by atoms with Crippen LogP contribution in [0.15, 0.2) is 22.9 Å². The van der Waals surface area contributed by atoms with E-state index in [0.717, 1.165) is 4.47 Å². The van der Waals surface area contributed by atoms with Crippen LogP contribution in [0.3, 0.4) is 0 Å². The van der Waals surface area contributed by atoms with Gasteiger partial charge in [-0.1, -0.05) is 15.9 Å². The number of carbonyl (C=O) groups excluding carboxylic acids is 1. The molecular weight excluding hydrogens is 330 g/mol. The Bertz CT molecular complexity index is 346. The van der Waals surface area contributed by atoms with E-state index < -0.39 is 4.83 Å². The topological polar surface area (TPSA) is 48.4 Å². The largest absolute Gasteiger partial charge is 0.490 e. The highest BCUT2D eigenvalue weighted by molar-refractivity contribution is 9.10. The van der Waals surface area contributed by atoms with E-state index in [4.69, 9.17) is 4.74 Å². The summed E-state index contributed by atoms with van der Waals surface area (Å²) < 4.78 is 10.7. The summed E-state index contributed by atoms with van der Waals surface area (Å²) in [5, 5.41) is 0. The third-order valence-electron chi connectivity index (χ3n) is 1.53. The van der Waals surface area contributed by atoms with Crippen LogP contribution >= 0.6 is 31.9 Å². The van der Waals surface area contributed by atoms with Crippen LogP contribution in [0.25, 0.3) is 0 Å². The number of esters is 1. The number of methoxy groups -OCH3 is 1. The van der Waals surface area contributed by atoms with Crippen molar-refractivity contribution in [3.63, 3.8) is 0 Å². The Balaban J connectivity index is 2.47. The quantitative estimate of drug-likeness (QED) is 0.623. The molecular formula is C9H9Br2NO3. The van der Waals surface area contributed by atoms with Gasteiger partial charge in [0.25, 0.3) is 0 Å². The van der Waals surface area contributed by atoms with Crippen molar-refractivity contribution >= 4 is 37.8 Å². The maximum absolute atomic E-state index is 11.0. The Hall–Kier alpha value is -0.620. The van der Waals surface area contributed by atoms with E-state index in [-0.39, 0.29) is 12.6 Å². The average Bonchev–Trinajstić information content (AvgIpc) is 2.25. The van der Waals surface area contributed by atoms with Gasteiger partial charge in [-0.25, -0.2) is 0 Å². The van der Waals surface area contributed by atoms with Gasteiger partial charge in [0.2, 0.25) is 0 Å². The number of carbonyl (C=O) groups is 1. The van der Waals surface area contributed by atoms with Crippen LogP contribution in [0.1, 0.15) is 0 Å². The number of nitrogens with zero attached hydrogens (tertiary/aromatic N) is 1. The summed E-state index contributed by atoms with van der Waals surface area (Å²) in [6.45, 7) is 0.199. The lowest BCUT2D eigenvalue weighted by molar-refractivity contribution is -0.140. The number of hydrogen-bond donors (Lipinski definition) is 0. The van der Waals surface area contributed by atoms with Gasteiger partial charge in [-0.3, -0.25) is 9.78 Å². The standard InChI is InChI=1S/C9H9Br2NO3/c1-14-9(13)8(11)5-15-7-2-6(10)3-12-4-7/h2-4,8H,5H2,1H3. The molecule has 0 spiro atoms. The summed E-state index contributed by atoms with van der Waals surface area (Å²) in [6, 6.07) is 1.77. The Morgan fingerprint density at radius 3 is 2.93 bits per heavy atom. The van der Waals surface area contributed by atoms with E-state index in [9.17, 15) is 4.79 Å². The van der Waals surface area contributed by atoms with E-state index in [1.165, 1.54) is 7.11 Å². The third kappa shape index (κ3) is 4.17. The first-order valence-electron chi connectivity index (χ1n) is 4.08. The van der Waals surface area contributed by atoms with Crippen molar-refractivity contribution < 1.29 is 14.3 Å². The highest BCUT2D eigenvalue weighted by atomic mass is 79.9. The number of rotatable bonds is 4. The number of hydrogen-bond acceptors (Lipinski definition) is 4. The molecule has 15 heavy (non-hydrogen) atoms. The fourth-order valence-corrected chi connectivity index (χ4v) is 1.50. The molecule has 0 aliphatic rings. The molecule has 82 valence electrons. The monoisotopic (exact) mass is 337 g/mol. The first-order valence-corrected chi connectivity index (χ1v) is 5.79. The minimum absolute atomic E-state index is 0.199. The van der Waals surface area contributed by atoms with Crippen molar-refractivity contribution in [3.05, 3.63) is 22.9 Å². The summed E-state index contributed by atoms with van der Waals surface area (Å²) in [5.74, 6) is 0.232. The number of aromatic nitrogens is 1. The van der Waals surface area contributed by atoms with Crippen LogP contribution in [-0.4, -0.2) is 29.5 Å². The number of alkyl halides is 1. The van der Waals surface area contributed by atoms with Gasteiger partial charge in [-0.2, -0.15) is 0 Å². The lowest BCUT2D eigenvalue weighted by Crippen LogP contribution is -2.22. The van der Waals surface area contributed by atoms with Crippen LogP contribution < -0.4 is 4.74 Å². The van der Waals surface area contributed by atoms with Gasteiger partial charge in [0.15, 0.2) is 0 Å². The molecule has 1 atom stereocenters. The molecule has 0 fully saturated rings. The summed E-state index contributed by atoms with van der Waals surface area (Å²) in [5.41, 5.74) is 0. The van der Waals surface area contributed by atoms with Crippen molar-refractivity contribution in [2.24, 2.45) is 0 Å². The maximum atomic E-state index is 11.0. The van der Waals surface area contributed by atoms with Crippen LogP contribution in [0.2, 0.25) is 0 Å². The number of pyridine rings is 1. The smallest absolute Gasteiger partial charge is 0.322 e. The van der Waals surface area contributed by atoms with Gasteiger partial charge in [0.05, 0.1) is 13.3 Å². The second-order valence-corrected chi connectivity index (χ2v) is 4.66. The van der Waals surface area contributed by atoms with Gasteiger partial charge in [-0.05, 0) is 22.0 Å². The Morgan fingerprint density at radius 1 is 1.60 bits per heavy atom. The molecule has 0 bridgehead atoms. The zero-order valence-corrected chi connectivity index (χ0v) is 11.1. The molecule has 1 aromatic rings. The second kappa shape index (κ2) is 6.07. The SMILES string of the molecule is COC(=O)C(Br)COc1cncc(Br)c1. The van der Waals surface area contributed by atoms with Gasteiger partial charge in [0, 0.05) is 10.7 Å². The van der Waals surface area contributed by atoms with E-state index in [2.05, 4.69) is 41.6 Å². The van der Waals surface area contributed by atoms with Crippen molar-refractivity contribution in [1.82, 2.24) is 4.98 Å². The van der Waals surface area contributed by atoms with Crippen LogP contribution in [0, 0.1) is 0 Å². The van der Waals surface area contributed by atoms with Crippen molar-refractivity contribution in [3.8, 4) is 5.75 Å². The van der Waals surface area contributed by atoms with E-state index in [1.54, 1.807) is 18.5 Å². The lowest BCUT2D eigenvalue weighted by atomic mass is 10.4. The van der Waals surface area contributed by atoms with Gasteiger partial charge >= 0.3 is 5.97 Å². The zero-order valence-electron chi connectivity index (χ0n) is 7.94. The molecule has 1 heterocycles. The molecule has 0 radical (unpaired) electrons. The molecule has 0 aromatic carbocycles. The Kier molecular flexibility index (Phi) is 5.04. The minimum atomic E-state index is -0.471. The van der Waals surface area contributed by atoms with Crippen LogP contribution in [0.4, 0.5) is 0 Å². The maximum Gasteiger partial charge on any atom is 0.322 e. The summed E-state index contributed by atoms with van der Waals surface area (Å²) in [7, 11) is 1.33. The number of halogens is 2. The van der Waals surface area contributed by atoms with Crippen molar-refractivity contribution in [2.75, 3.05) is 13.7 Å². The normalized spacial score (nSPS) is 11.9. The average molecular weight is 339 g/mol. The second-order valence-electron chi connectivity index (χ2n) is 2.64. The molecule has 6 heteroatoms. The molecule has 0 saturated heterocycles. The molecule has 0 saturated carbocycles. The molecule has 1 rings (SSSR count). The van der Waals surface area contributed by atoms with E-state index in [1.807, 2.05) is 0 Å². The first kappa shape index (κ1) is 12.4. The lowest BCUT2D eigenvalue weighted by Gasteiger charge is -2.09. The Labute approximate surface area is 104 Å². The van der Waals surface area contributed by atoms with Crippen LogP contribution in [-0.2, 0) is 9.53 Å². The minimum Gasteiger partial charge on any atom is -0.490 e. The van der Waals surface area contributed by atoms with Gasteiger partial charge < -0.3 is 9.47 Å². The summed E-state index contributed by atoms with van der Waals surface area (Å²) >= 11 is 6.41. The predicted octanol–water partition coefficient (Wildman–Crippen LogP) is 2.16. The predicted molar refractivity (Wildman–Crippen MR) is 62.2 cm³/mol. The zero-order chi connectivity index (χ0) is 11.3. The van der Waals surface area contributed by atoms with E-state index >= 15 is 0 Å². The van der Waals surface area contributed by atoms with E-state index in [0.29, 0.717) is 5.75 Å². The van der Waals surface area contributed by atoms with Crippen molar-refractivity contribution in [1.29, 1.82) is 0 Å². The summed E-state index contributed by atoms with van der Waals surface area (Å²) in [4.78, 5) is 14.5. The molecule has 0 aliphatic carbocycles. The molecule has 1 unspecified atom stereocenters. The summed E-state index contributed by atoms with van der Waals surface area (Å²) in [6.07, 6.45) is 3.22. The fraction of sp³-hybridized carbons (Fsp3) is 0.333. The molecule has 4 nitrogen and oxygen atoms in total. The highest BCUT2D eigenvalue weighted by Gasteiger charge is 2.15. The molecule has 0 amide bonds. The molecule has 0 aliphatic heterocycles. The Morgan fingerprint density at radius 2 is 2.33 bits per heavy atom. The van der Waals surface area contributed by atoms with Gasteiger partial charge in [0.1, 0.15) is 17.2 Å². The van der Waals surface area contributed by atoms with Gasteiger partial charge in [-0.15, -0.1) is 0 Å². The first-order chi connectivity index (χ1) is 7.13. The fourth-order valence-electron chi connectivity index (χ4n) is 0.837. The highest BCUT2D eigenvalue weighted by Crippen LogP contribution is 2.16. The van der Waals surface area contributed by atoms with Crippen molar-refractivity contribution in [2.45, 2.75) is 4.83 Å². The molecule has 0 N–H and O–H groups in total. The van der Waals surface area contributed by atoms with Crippen LogP contribution in [0.5, 0.6) is 5.75 Å². The number of ether oxygens (including phenoxy) is 2.